The lowest BCUT2D eigenvalue weighted by molar-refractivity contribution is 0.0949. The van der Waals surface area contributed by atoms with Gasteiger partial charge < -0.3 is 19.7 Å². The summed E-state index contributed by atoms with van der Waals surface area (Å²) >= 11 is 0. The molecule has 0 radical (unpaired) electrons. The molecule has 1 aromatic heterocycles. The van der Waals surface area contributed by atoms with Gasteiger partial charge in [0, 0.05) is 6.54 Å². The van der Waals surface area contributed by atoms with E-state index in [1.807, 2.05) is 62.4 Å². The summed E-state index contributed by atoms with van der Waals surface area (Å²) in [6.07, 6.45) is 1.60. The van der Waals surface area contributed by atoms with Crippen LogP contribution in [-0.2, 0) is 13.0 Å². The van der Waals surface area contributed by atoms with E-state index in [1.54, 1.807) is 12.1 Å². The molecule has 0 aliphatic carbocycles. The van der Waals surface area contributed by atoms with Crippen molar-refractivity contribution in [2.75, 3.05) is 6.54 Å². The van der Waals surface area contributed by atoms with E-state index in [0.717, 1.165) is 40.4 Å². The van der Waals surface area contributed by atoms with Crippen molar-refractivity contribution in [2.24, 2.45) is 0 Å². The minimum atomic E-state index is -0.171. The molecule has 0 bridgehead atoms. The Bertz CT molecular complexity index is 1210. The number of nitrogens with one attached hydrogen (secondary N) is 1. The second-order valence-electron chi connectivity index (χ2n) is 7.81. The van der Waals surface area contributed by atoms with Gasteiger partial charge in [-0.05, 0) is 67.3 Å². The van der Waals surface area contributed by atoms with E-state index in [4.69, 9.17) is 9.26 Å². The highest BCUT2D eigenvalue weighted by atomic mass is 16.5. The fraction of sp³-hybridized carbons (Fsp3) is 0.231. The quantitative estimate of drug-likeness (QED) is 0.380. The van der Waals surface area contributed by atoms with Crippen LogP contribution < -0.4 is 10.1 Å². The van der Waals surface area contributed by atoms with Gasteiger partial charge in [0.15, 0.2) is 0 Å². The second kappa shape index (κ2) is 9.56. The largest absolute Gasteiger partial charge is 0.508 e. The number of rotatable bonds is 8. The van der Waals surface area contributed by atoms with E-state index in [0.29, 0.717) is 23.6 Å². The molecule has 0 atom stereocenters. The molecule has 0 aliphatic heterocycles. The first kappa shape index (κ1) is 21.4. The Balaban J connectivity index is 1.47. The molecule has 164 valence electrons. The van der Waals surface area contributed by atoms with Crippen molar-refractivity contribution >= 4 is 16.7 Å². The highest BCUT2D eigenvalue weighted by Crippen LogP contribution is 2.28. The second-order valence-corrected chi connectivity index (χ2v) is 7.81. The minimum absolute atomic E-state index is 0.171. The molecule has 0 aliphatic rings. The molecule has 32 heavy (non-hydrogen) atoms. The Morgan fingerprint density at radius 3 is 2.47 bits per heavy atom. The Morgan fingerprint density at radius 1 is 1.06 bits per heavy atom. The molecule has 0 unspecified atom stereocenters. The maximum atomic E-state index is 13.0. The van der Waals surface area contributed by atoms with E-state index >= 15 is 0 Å². The predicted octanol–water partition coefficient (Wildman–Crippen LogP) is 5.09. The number of fused-ring (bicyclic) bond motifs is 1. The molecule has 0 fully saturated rings. The molecule has 4 rings (SSSR count). The molecule has 2 N–H and O–H groups in total. The number of aromatic hydroxyl groups is 1. The number of benzene rings is 3. The summed E-state index contributed by atoms with van der Waals surface area (Å²) in [7, 11) is 0. The maximum Gasteiger partial charge on any atom is 0.255 e. The SMILES string of the molecule is Cc1noc(C)c1COc1cc2ccccc2cc1C(=O)NCCCc1ccc(O)cc1. The average molecular weight is 431 g/mol. The first-order valence-corrected chi connectivity index (χ1v) is 10.6. The minimum Gasteiger partial charge on any atom is -0.508 e. The van der Waals surface area contributed by atoms with Crippen molar-refractivity contribution in [3.8, 4) is 11.5 Å². The zero-order valence-corrected chi connectivity index (χ0v) is 18.2. The zero-order chi connectivity index (χ0) is 22.5. The topological polar surface area (TPSA) is 84.6 Å². The lowest BCUT2D eigenvalue weighted by Gasteiger charge is -2.13. The lowest BCUT2D eigenvalue weighted by atomic mass is 10.0. The summed E-state index contributed by atoms with van der Waals surface area (Å²) in [5, 5.41) is 18.3. The lowest BCUT2D eigenvalue weighted by Crippen LogP contribution is -2.25. The number of phenolic OH excluding ortho intramolecular Hbond substituents is 1. The van der Waals surface area contributed by atoms with E-state index in [2.05, 4.69) is 10.5 Å². The van der Waals surface area contributed by atoms with Crippen molar-refractivity contribution in [3.05, 3.63) is 88.8 Å². The van der Waals surface area contributed by atoms with Crippen molar-refractivity contribution in [3.63, 3.8) is 0 Å². The van der Waals surface area contributed by atoms with Crippen molar-refractivity contribution in [1.29, 1.82) is 0 Å². The average Bonchev–Trinajstić information content (AvgIpc) is 3.12. The van der Waals surface area contributed by atoms with Gasteiger partial charge >= 0.3 is 0 Å². The smallest absolute Gasteiger partial charge is 0.255 e. The molecule has 0 spiro atoms. The normalized spacial score (nSPS) is 10.9. The zero-order valence-electron chi connectivity index (χ0n) is 18.2. The molecule has 3 aromatic carbocycles. The molecular weight excluding hydrogens is 404 g/mol. The third-order valence-corrected chi connectivity index (χ3v) is 5.51. The van der Waals surface area contributed by atoms with Crippen molar-refractivity contribution in [1.82, 2.24) is 10.5 Å². The van der Waals surface area contributed by atoms with Gasteiger partial charge in [-0.3, -0.25) is 4.79 Å². The van der Waals surface area contributed by atoms with Gasteiger partial charge in [-0.15, -0.1) is 0 Å². The van der Waals surface area contributed by atoms with Gasteiger partial charge in [-0.1, -0.05) is 41.6 Å². The summed E-state index contributed by atoms with van der Waals surface area (Å²) in [4.78, 5) is 13.0. The summed E-state index contributed by atoms with van der Waals surface area (Å²) < 4.78 is 11.3. The number of aryl methyl sites for hydroxylation is 3. The van der Waals surface area contributed by atoms with Crippen LogP contribution in [-0.4, -0.2) is 22.7 Å². The van der Waals surface area contributed by atoms with Gasteiger partial charge in [-0.2, -0.15) is 0 Å². The van der Waals surface area contributed by atoms with Crippen molar-refractivity contribution in [2.45, 2.75) is 33.3 Å². The van der Waals surface area contributed by atoms with Crippen LogP contribution >= 0.6 is 0 Å². The molecule has 6 heteroatoms. The van der Waals surface area contributed by atoms with Crippen LogP contribution in [0.4, 0.5) is 0 Å². The Labute approximate surface area is 186 Å². The van der Waals surface area contributed by atoms with E-state index < -0.39 is 0 Å². The van der Waals surface area contributed by atoms with Crippen LogP contribution in [0.1, 0.15) is 39.4 Å². The highest BCUT2D eigenvalue weighted by molar-refractivity contribution is 6.01. The first-order valence-electron chi connectivity index (χ1n) is 10.6. The van der Waals surface area contributed by atoms with Crippen LogP contribution in [0.25, 0.3) is 10.8 Å². The number of hydrogen-bond acceptors (Lipinski definition) is 5. The first-order chi connectivity index (χ1) is 15.5. The van der Waals surface area contributed by atoms with Crippen LogP contribution in [0.3, 0.4) is 0 Å². The van der Waals surface area contributed by atoms with Gasteiger partial charge in [-0.25, -0.2) is 0 Å². The Kier molecular flexibility index (Phi) is 6.40. The Morgan fingerprint density at radius 2 is 1.78 bits per heavy atom. The van der Waals surface area contributed by atoms with Crippen LogP contribution in [0.2, 0.25) is 0 Å². The molecule has 6 nitrogen and oxygen atoms in total. The summed E-state index contributed by atoms with van der Waals surface area (Å²) in [6.45, 7) is 4.54. The highest BCUT2D eigenvalue weighted by Gasteiger charge is 2.16. The fourth-order valence-electron chi connectivity index (χ4n) is 3.63. The number of carbonyl (C=O) groups excluding carboxylic acids is 1. The summed E-state index contributed by atoms with van der Waals surface area (Å²) in [5.74, 6) is 1.32. The molecule has 1 amide bonds. The summed E-state index contributed by atoms with van der Waals surface area (Å²) in [5.41, 5.74) is 3.29. The number of carbonyl (C=O) groups is 1. The molecule has 0 saturated carbocycles. The number of nitrogens with zero attached hydrogens (tertiary/aromatic N) is 1. The number of hydrogen-bond donors (Lipinski definition) is 2. The van der Waals surface area contributed by atoms with E-state index in [1.165, 1.54) is 0 Å². The maximum absolute atomic E-state index is 13.0. The summed E-state index contributed by atoms with van der Waals surface area (Å²) in [6, 6.07) is 18.8. The monoisotopic (exact) mass is 430 g/mol. The van der Waals surface area contributed by atoms with Crippen LogP contribution in [0.5, 0.6) is 11.5 Å². The fourth-order valence-corrected chi connectivity index (χ4v) is 3.63. The molecule has 0 saturated heterocycles. The molecule has 1 heterocycles. The Hall–Kier alpha value is -3.80. The van der Waals surface area contributed by atoms with Gasteiger partial charge in [0.25, 0.3) is 5.91 Å². The third-order valence-electron chi connectivity index (χ3n) is 5.51. The van der Waals surface area contributed by atoms with Gasteiger partial charge in [0.2, 0.25) is 0 Å². The number of phenols is 1. The van der Waals surface area contributed by atoms with Crippen molar-refractivity contribution < 1.29 is 19.2 Å². The van der Waals surface area contributed by atoms with Crippen LogP contribution in [0, 0.1) is 13.8 Å². The molecule has 4 aromatic rings. The number of ether oxygens (including phenoxy) is 1. The number of aromatic nitrogens is 1. The predicted molar refractivity (Wildman–Crippen MR) is 123 cm³/mol. The third kappa shape index (κ3) is 4.91. The van der Waals surface area contributed by atoms with Crippen LogP contribution in [0.15, 0.2) is 65.2 Å². The van der Waals surface area contributed by atoms with Gasteiger partial charge in [0.05, 0.1) is 16.8 Å². The molecular formula is C26H26N2O4. The standard InChI is InChI=1S/C26H26N2O4/c1-17-24(18(2)32-28-17)16-31-25-15-21-8-4-3-7-20(21)14-23(25)26(30)27-13-5-6-19-9-11-22(29)12-10-19/h3-4,7-12,14-15,29H,5-6,13,16H2,1-2H3,(H,27,30). The van der Waals surface area contributed by atoms with Gasteiger partial charge in [0.1, 0.15) is 23.9 Å². The van der Waals surface area contributed by atoms with E-state index in [-0.39, 0.29) is 18.3 Å². The van der Waals surface area contributed by atoms with E-state index in [9.17, 15) is 9.90 Å². The number of amides is 1.